The molecule has 16 heavy (non-hydrogen) atoms. The molecule has 0 aromatic heterocycles. The van der Waals surface area contributed by atoms with Gasteiger partial charge in [-0.3, -0.25) is 0 Å². The molecule has 81 valence electrons. The number of hydrogen-bond acceptors (Lipinski definition) is 0. The molecule has 0 nitrogen and oxygen atoms in total. The van der Waals surface area contributed by atoms with Gasteiger partial charge in [-0.1, -0.05) is 66.6 Å². The average molecular weight is 209 g/mol. The van der Waals surface area contributed by atoms with Gasteiger partial charge in [0, 0.05) is 5.92 Å². The lowest BCUT2D eigenvalue weighted by Gasteiger charge is -2.12. The first-order chi connectivity index (χ1) is 7.66. The van der Waals surface area contributed by atoms with Gasteiger partial charge in [-0.15, -0.1) is 0 Å². The SMILES string of the molecule is C[C](c1cccc(C)c1)c1cccc(C)c1. The van der Waals surface area contributed by atoms with Crippen molar-refractivity contribution in [1.29, 1.82) is 0 Å². The van der Waals surface area contributed by atoms with Crippen molar-refractivity contribution in [2.45, 2.75) is 20.8 Å². The van der Waals surface area contributed by atoms with E-state index in [2.05, 4.69) is 69.3 Å². The Morgan fingerprint density at radius 3 is 1.56 bits per heavy atom. The molecule has 1 radical (unpaired) electrons. The summed E-state index contributed by atoms with van der Waals surface area (Å²) in [7, 11) is 0. The first-order valence-electron chi connectivity index (χ1n) is 5.64. The highest BCUT2D eigenvalue weighted by atomic mass is 14.1. The van der Waals surface area contributed by atoms with Gasteiger partial charge in [-0.25, -0.2) is 0 Å². The minimum atomic E-state index is 1.31. The van der Waals surface area contributed by atoms with Crippen molar-refractivity contribution in [3.63, 3.8) is 0 Å². The smallest absolute Gasteiger partial charge is 0.0309 e. The molecule has 0 fully saturated rings. The summed E-state index contributed by atoms with van der Waals surface area (Å²) >= 11 is 0. The van der Waals surface area contributed by atoms with Gasteiger partial charge in [0.15, 0.2) is 0 Å². The molecular weight excluding hydrogens is 192 g/mol. The fourth-order valence-corrected chi connectivity index (χ4v) is 1.92. The average Bonchev–Trinajstić information content (AvgIpc) is 2.28. The summed E-state index contributed by atoms with van der Waals surface area (Å²) in [5.74, 6) is 1.34. The van der Waals surface area contributed by atoms with Crippen LogP contribution in [0, 0.1) is 19.8 Å². The van der Waals surface area contributed by atoms with E-state index in [1.807, 2.05) is 0 Å². The van der Waals surface area contributed by atoms with Crippen LogP contribution in [-0.4, -0.2) is 0 Å². The molecule has 0 N–H and O–H groups in total. The van der Waals surface area contributed by atoms with Crippen LogP contribution in [0.2, 0.25) is 0 Å². The highest BCUT2D eigenvalue weighted by Crippen LogP contribution is 2.24. The van der Waals surface area contributed by atoms with Gasteiger partial charge in [-0.2, -0.15) is 0 Å². The van der Waals surface area contributed by atoms with Crippen molar-refractivity contribution in [2.24, 2.45) is 0 Å². The minimum Gasteiger partial charge on any atom is -0.0617 e. The van der Waals surface area contributed by atoms with Crippen LogP contribution in [0.25, 0.3) is 0 Å². The van der Waals surface area contributed by atoms with Crippen molar-refractivity contribution < 1.29 is 0 Å². The number of rotatable bonds is 2. The number of benzene rings is 2. The predicted octanol–water partition coefficient (Wildman–Crippen LogP) is 4.29. The molecule has 2 rings (SSSR count). The van der Waals surface area contributed by atoms with E-state index in [0.717, 1.165) is 0 Å². The lowest BCUT2D eigenvalue weighted by atomic mass is 9.91. The van der Waals surface area contributed by atoms with E-state index >= 15 is 0 Å². The first kappa shape index (κ1) is 10.9. The summed E-state index contributed by atoms with van der Waals surface area (Å²) in [5, 5.41) is 0. The van der Waals surface area contributed by atoms with Crippen molar-refractivity contribution in [1.82, 2.24) is 0 Å². The van der Waals surface area contributed by atoms with Gasteiger partial charge < -0.3 is 0 Å². The Kier molecular flexibility index (Phi) is 3.09. The highest BCUT2D eigenvalue weighted by Gasteiger charge is 2.08. The molecule has 0 atom stereocenters. The van der Waals surface area contributed by atoms with Gasteiger partial charge in [0.25, 0.3) is 0 Å². The second-order valence-electron chi connectivity index (χ2n) is 4.36. The minimum absolute atomic E-state index is 1.31. The summed E-state index contributed by atoms with van der Waals surface area (Å²) in [5.41, 5.74) is 5.24. The van der Waals surface area contributed by atoms with Crippen LogP contribution < -0.4 is 0 Å². The normalized spacial score (nSPS) is 10.8. The first-order valence-corrected chi connectivity index (χ1v) is 5.64. The topological polar surface area (TPSA) is 0 Å². The zero-order chi connectivity index (χ0) is 11.5. The Bertz CT molecular complexity index is 437. The Hall–Kier alpha value is -1.56. The van der Waals surface area contributed by atoms with Crippen molar-refractivity contribution in [3.8, 4) is 0 Å². The number of aryl methyl sites for hydroxylation is 2. The fourth-order valence-electron chi connectivity index (χ4n) is 1.92. The Balaban J connectivity index is 2.35. The zero-order valence-corrected chi connectivity index (χ0v) is 10.1. The summed E-state index contributed by atoms with van der Waals surface area (Å²) in [6, 6.07) is 17.3. The Morgan fingerprint density at radius 1 is 0.750 bits per heavy atom. The van der Waals surface area contributed by atoms with Gasteiger partial charge in [0.05, 0.1) is 0 Å². The van der Waals surface area contributed by atoms with Gasteiger partial charge >= 0.3 is 0 Å². The maximum absolute atomic E-state index is 2.23. The molecule has 0 bridgehead atoms. The van der Waals surface area contributed by atoms with Crippen LogP contribution in [0.1, 0.15) is 29.2 Å². The van der Waals surface area contributed by atoms with Crippen molar-refractivity contribution in [2.75, 3.05) is 0 Å². The standard InChI is InChI=1S/C16H17/c1-12-6-4-8-15(10-12)14(3)16-9-5-7-13(2)11-16/h4-11H,1-3H3. The molecule has 2 aromatic rings. The summed E-state index contributed by atoms with van der Waals surface area (Å²) < 4.78 is 0. The second-order valence-corrected chi connectivity index (χ2v) is 4.36. The summed E-state index contributed by atoms with van der Waals surface area (Å²) in [6.07, 6.45) is 0. The van der Waals surface area contributed by atoms with Crippen LogP contribution in [0.4, 0.5) is 0 Å². The molecule has 0 saturated carbocycles. The van der Waals surface area contributed by atoms with E-state index in [1.54, 1.807) is 0 Å². The second kappa shape index (κ2) is 4.52. The molecule has 0 heteroatoms. The largest absolute Gasteiger partial charge is 0.0617 e. The van der Waals surface area contributed by atoms with E-state index < -0.39 is 0 Å². The maximum Gasteiger partial charge on any atom is 0.0309 e. The van der Waals surface area contributed by atoms with Crippen LogP contribution in [-0.2, 0) is 0 Å². The third-order valence-corrected chi connectivity index (χ3v) is 2.90. The van der Waals surface area contributed by atoms with Crippen LogP contribution in [0.3, 0.4) is 0 Å². The zero-order valence-electron chi connectivity index (χ0n) is 10.1. The van der Waals surface area contributed by atoms with Gasteiger partial charge in [0.1, 0.15) is 0 Å². The monoisotopic (exact) mass is 209 g/mol. The lowest BCUT2D eigenvalue weighted by Crippen LogP contribution is -1.97. The van der Waals surface area contributed by atoms with Crippen molar-refractivity contribution in [3.05, 3.63) is 76.7 Å². The summed E-state index contributed by atoms with van der Waals surface area (Å²) in [4.78, 5) is 0. The molecule has 0 unspecified atom stereocenters. The molecule has 0 heterocycles. The van der Waals surface area contributed by atoms with Gasteiger partial charge in [-0.05, 0) is 25.0 Å². The third-order valence-electron chi connectivity index (χ3n) is 2.90. The predicted molar refractivity (Wildman–Crippen MR) is 69.5 cm³/mol. The molecule has 0 amide bonds. The van der Waals surface area contributed by atoms with E-state index in [1.165, 1.54) is 28.2 Å². The molecule has 0 saturated heterocycles. The third kappa shape index (κ3) is 2.33. The van der Waals surface area contributed by atoms with Crippen LogP contribution in [0.5, 0.6) is 0 Å². The van der Waals surface area contributed by atoms with E-state index in [-0.39, 0.29) is 0 Å². The van der Waals surface area contributed by atoms with Crippen LogP contribution in [0.15, 0.2) is 48.5 Å². The maximum atomic E-state index is 2.23. The molecule has 0 aliphatic carbocycles. The molecule has 0 aliphatic rings. The van der Waals surface area contributed by atoms with Crippen LogP contribution >= 0.6 is 0 Å². The van der Waals surface area contributed by atoms with E-state index in [9.17, 15) is 0 Å². The van der Waals surface area contributed by atoms with E-state index in [0.29, 0.717) is 0 Å². The quantitative estimate of drug-likeness (QED) is 0.692. The fraction of sp³-hybridized carbons (Fsp3) is 0.188. The molecule has 0 aliphatic heterocycles. The summed E-state index contributed by atoms with van der Waals surface area (Å²) in [6.45, 7) is 6.45. The molecular formula is C16H17. The van der Waals surface area contributed by atoms with Crippen molar-refractivity contribution >= 4 is 0 Å². The Labute approximate surface area is 97.9 Å². The Morgan fingerprint density at radius 2 is 1.19 bits per heavy atom. The molecule has 0 spiro atoms. The lowest BCUT2D eigenvalue weighted by molar-refractivity contribution is 1.17. The molecule has 2 aromatic carbocycles. The van der Waals surface area contributed by atoms with E-state index in [4.69, 9.17) is 0 Å². The number of hydrogen-bond donors (Lipinski definition) is 0. The highest BCUT2D eigenvalue weighted by molar-refractivity contribution is 5.46. The van der Waals surface area contributed by atoms with Gasteiger partial charge in [0.2, 0.25) is 0 Å².